The fourth-order valence-corrected chi connectivity index (χ4v) is 4.49. The topological polar surface area (TPSA) is 101 Å². The maximum absolute atomic E-state index is 11.9. The van der Waals surface area contributed by atoms with E-state index in [-0.39, 0.29) is 11.3 Å². The average Bonchev–Trinajstić information content (AvgIpc) is 3.25. The zero-order chi connectivity index (χ0) is 21.4. The SMILES string of the molecule is CN1C[C@@H]2CN(/C(N)=C/C=C(\N)c3ccc(-c4ccn(C)c(=O)c4)cc3O)C[C@@H]2C1. The van der Waals surface area contributed by atoms with Crippen molar-refractivity contribution in [3.05, 3.63) is 70.4 Å². The number of pyridine rings is 1. The van der Waals surface area contributed by atoms with Crippen LogP contribution in [0.25, 0.3) is 16.8 Å². The highest BCUT2D eigenvalue weighted by molar-refractivity contribution is 5.74. The van der Waals surface area contributed by atoms with Gasteiger partial charge in [-0.05, 0) is 60.4 Å². The molecule has 2 fully saturated rings. The number of likely N-dealkylation sites (tertiary alicyclic amines) is 2. The Morgan fingerprint density at radius 1 is 1.00 bits per heavy atom. The van der Waals surface area contributed by atoms with E-state index in [0.29, 0.717) is 28.9 Å². The van der Waals surface area contributed by atoms with Crippen LogP contribution < -0.4 is 17.0 Å². The minimum Gasteiger partial charge on any atom is -0.507 e. The second-order valence-electron chi connectivity index (χ2n) is 8.46. The number of rotatable bonds is 4. The van der Waals surface area contributed by atoms with E-state index in [1.54, 1.807) is 37.5 Å². The minimum atomic E-state index is -0.103. The summed E-state index contributed by atoms with van der Waals surface area (Å²) in [6.45, 7) is 4.20. The fourth-order valence-electron chi connectivity index (χ4n) is 4.49. The Morgan fingerprint density at radius 3 is 2.30 bits per heavy atom. The van der Waals surface area contributed by atoms with Crippen molar-refractivity contribution in [1.82, 2.24) is 14.4 Å². The summed E-state index contributed by atoms with van der Waals surface area (Å²) < 4.78 is 1.50. The molecule has 0 spiro atoms. The Morgan fingerprint density at radius 2 is 1.67 bits per heavy atom. The molecule has 0 unspecified atom stereocenters. The molecule has 2 atom stereocenters. The van der Waals surface area contributed by atoms with Crippen molar-refractivity contribution in [3.63, 3.8) is 0 Å². The van der Waals surface area contributed by atoms with E-state index >= 15 is 0 Å². The number of allylic oxidation sites excluding steroid dienone is 2. The molecule has 0 amide bonds. The lowest BCUT2D eigenvalue weighted by molar-refractivity contribution is 0.319. The molecule has 0 radical (unpaired) electrons. The van der Waals surface area contributed by atoms with Gasteiger partial charge >= 0.3 is 0 Å². The Bertz CT molecular complexity index is 1060. The summed E-state index contributed by atoms with van der Waals surface area (Å²) in [5, 5.41) is 10.5. The van der Waals surface area contributed by atoms with Gasteiger partial charge in [0.05, 0.1) is 5.82 Å². The third-order valence-corrected chi connectivity index (χ3v) is 6.21. The van der Waals surface area contributed by atoms with Gasteiger partial charge in [-0.2, -0.15) is 0 Å². The summed E-state index contributed by atoms with van der Waals surface area (Å²) in [6, 6.07) is 8.60. The standard InChI is InChI=1S/C23H29N5O2/c1-26-11-17-13-28(14-18(17)12-26)22(25)6-5-20(24)19-4-3-15(9-21(19)29)16-7-8-27(2)23(30)10-16/h3-10,17-18,29H,11-14,24-25H2,1-2H3/b20-5-,22-6+/t17-,18+. The van der Waals surface area contributed by atoms with E-state index in [1.807, 2.05) is 18.2 Å². The van der Waals surface area contributed by atoms with Crippen molar-refractivity contribution < 1.29 is 5.11 Å². The number of aryl methyl sites for hydroxylation is 1. The highest BCUT2D eigenvalue weighted by Gasteiger charge is 2.38. The van der Waals surface area contributed by atoms with Crippen molar-refractivity contribution >= 4 is 5.70 Å². The Hall–Kier alpha value is -3.19. The molecule has 2 aromatic rings. The Balaban J connectivity index is 1.49. The fraction of sp³-hybridized carbons (Fsp3) is 0.348. The molecule has 4 rings (SSSR count). The van der Waals surface area contributed by atoms with Gasteiger partial charge in [0, 0.05) is 56.8 Å². The molecule has 0 saturated carbocycles. The van der Waals surface area contributed by atoms with E-state index in [9.17, 15) is 9.90 Å². The van der Waals surface area contributed by atoms with Gasteiger partial charge in [-0.1, -0.05) is 6.07 Å². The summed E-state index contributed by atoms with van der Waals surface area (Å²) >= 11 is 0. The number of aromatic hydroxyl groups is 1. The van der Waals surface area contributed by atoms with Crippen LogP contribution in [0, 0.1) is 11.8 Å². The van der Waals surface area contributed by atoms with E-state index in [1.165, 1.54) is 4.57 Å². The van der Waals surface area contributed by atoms with Crippen molar-refractivity contribution in [2.75, 3.05) is 33.2 Å². The van der Waals surface area contributed by atoms with E-state index in [0.717, 1.165) is 37.3 Å². The quantitative estimate of drug-likeness (QED) is 0.662. The molecule has 1 aromatic heterocycles. The molecule has 0 aliphatic carbocycles. The number of nitrogens with zero attached hydrogens (tertiary/aromatic N) is 3. The molecule has 30 heavy (non-hydrogen) atoms. The third-order valence-electron chi connectivity index (χ3n) is 6.21. The number of benzene rings is 1. The summed E-state index contributed by atoms with van der Waals surface area (Å²) in [4.78, 5) is 16.4. The van der Waals surface area contributed by atoms with Gasteiger partial charge in [-0.3, -0.25) is 4.79 Å². The van der Waals surface area contributed by atoms with Gasteiger partial charge in [0.15, 0.2) is 0 Å². The molecular weight excluding hydrogens is 378 g/mol. The van der Waals surface area contributed by atoms with Crippen molar-refractivity contribution in [2.24, 2.45) is 30.4 Å². The molecule has 2 aliphatic rings. The molecule has 2 aliphatic heterocycles. The first kappa shape index (κ1) is 20.1. The van der Waals surface area contributed by atoms with E-state index in [4.69, 9.17) is 11.5 Å². The molecular formula is C23H29N5O2. The largest absolute Gasteiger partial charge is 0.507 e. The van der Waals surface area contributed by atoms with Crippen molar-refractivity contribution in [2.45, 2.75) is 0 Å². The normalized spacial score (nSPS) is 22.5. The second kappa shape index (κ2) is 7.91. The Kier molecular flexibility index (Phi) is 5.30. The van der Waals surface area contributed by atoms with Crippen LogP contribution in [0.15, 0.2) is 59.3 Å². The second-order valence-corrected chi connectivity index (χ2v) is 8.46. The van der Waals surface area contributed by atoms with Crippen LogP contribution in [-0.4, -0.2) is 52.7 Å². The van der Waals surface area contributed by atoms with Gasteiger partial charge in [0.1, 0.15) is 5.75 Å². The predicted molar refractivity (Wildman–Crippen MR) is 119 cm³/mol. The molecule has 0 bridgehead atoms. The monoisotopic (exact) mass is 407 g/mol. The average molecular weight is 408 g/mol. The zero-order valence-corrected chi connectivity index (χ0v) is 17.5. The highest BCUT2D eigenvalue weighted by atomic mass is 16.3. The zero-order valence-electron chi connectivity index (χ0n) is 17.5. The van der Waals surface area contributed by atoms with Crippen LogP contribution in [0.1, 0.15) is 5.56 Å². The van der Waals surface area contributed by atoms with Crippen LogP contribution >= 0.6 is 0 Å². The predicted octanol–water partition coefficient (Wildman–Crippen LogP) is 1.35. The third kappa shape index (κ3) is 3.93. The van der Waals surface area contributed by atoms with Crippen molar-refractivity contribution in [1.29, 1.82) is 0 Å². The van der Waals surface area contributed by atoms with Gasteiger partial charge in [0.25, 0.3) is 5.56 Å². The van der Waals surface area contributed by atoms with Crippen LogP contribution in [0.2, 0.25) is 0 Å². The number of phenolic OH excluding ortho intramolecular Hbond substituents is 1. The number of hydrogen-bond donors (Lipinski definition) is 3. The maximum atomic E-state index is 11.9. The lowest BCUT2D eigenvalue weighted by atomic mass is 10.0. The lowest BCUT2D eigenvalue weighted by Crippen LogP contribution is -2.29. The molecule has 7 nitrogen and oxygen atoms in total. The molecule has 3 heterocycles. The number of nitrogens with two attached hydrogens (primary N) is 2. The van der Waals surface area contributed by atoms with Crippen LogP contribution in [0.3, 0.4) is 0 Å². The maximum Gasteiger partial charge on any atom is 0.250 e. The molecule has 2 saturated heterocycles. The molecule has 1 aromatic carbocycles. The molecule has 158 valence electrons. The van der Waals surface area contributed by atoms with Crippen LogP contribution in [0.4, 0.5) is 0 Å². The lowest BCUT2D eigenvalue weighted by Gasteiger charge is -2.21. The number of hydrogen-bond acceptors (Lipinski definition) is 6. The summed E-state index contributed by atoms with van der Waals surface area (Å²) in [6.07, 6.45) is 5.26. The number of aromatic nitrogens is 1. The summed E-state index contributed by atoms with van der Waals surface area (Å²) in [5.41, 5.74) is 14.9. The van der Waals surface area contributed by atoms with Crippen LogP contribution in [-0.2, 0) is 7.05 Å². The molecule has 7 heteroatoms. The van der Waals surface area contributed by atoms with E-state index in [2.05, 4.69) is 16.8 Å². The van der Waals surface area contributed by atoms with Crippen LogP contribution in [0.5, 0.6) is 5.75 Å². The van der Waals surface area contributed by atoms with E-state index < -0.39 is 0 Å². The highest BCUT2D eigenvalue weighted by Crippen LogP contribution is 2.32. The summed E-state index contributed by atoms with van der Waals surface area (Å²) in [5.74, 6) is 2.11. The van der Waals surface area contributed by atoms with Gasteiger partial charge < -0.3 is 30.9 Å². The number of phenols is 1. The first-order valence-electron chi connectivity index (χ1n) is 10.2. The van der Waals surface area contributed by atoms with Gasteiger partial charge in [-0.15, -0.1) is 0 Å². The van der Waals surface area contributed by atoms with Gasteiger partial charge in [-0.25, -0.2) is 0 Å². The Labute approximate surface area is 176 Å². The first-order chi connectivity index (χ1) is 14.3. The molecule has 5 N–H and O–H groups in total. The van der Waals surface area contributed by atoms with Crippen molar-refractivity contribution in [3.8, 4) is 16.9 Å². The summed E-state index contributed by atoms with van der Waals surface area (Å²) in [7, 11) is 3.87. The van der Waals surface area contributed by atoms with Gasteiger partial charge in [0.2, 0.25) is 0 Å². The number of fused-ring (bicyclic) bond motifs is 1. The minimum absolute atomic E-state index is 0.0626. The first-order valence-corrected chi connectivity index (χ1v) is 10.2. The smallest absolute Gasteiger partial charge is 0.250 e.